The number of carbonyl (C=O) groups is 1. The number of hydrogen-bond acceptors (Lipinski definition) is 2. The van der Waals surface area contributed by atoms with Crippen LogP contribution in [0.5, 0.6) is 0 Å². The zero-order valence-corrected chi connectivity index (χ0v) is 15.7. The van der Waals surface area contributed by atoms with Gasteiger partial charge in [-0.1, -0.05) is 31.1 Å². The predicted molar refractivity (Wildman–Crippen MR) is 96.5 cm³/mol. The van der Waals surface area contributed by atoms with Gasteiger partial charge in [-0.2, -0.15) is 0 Å². The summed E-state index contributed by atoms with van der Waals surface area (Å²) < 4.78 is 0. The van der Waals surface area contributed by atoms with E-state index in [2.05, 4.69) is 26.8 Å². The summed E-state index contributed by atoms with van der Waals surface area (Å²) in [6.07, 6.45) is 9.99. The molecule has 0 aromatic rings. The maximum absolute atomic E-state index is 12.3. The molecule has 0 heterocycles. The molecule has 4 rings (SSSR count). The van der Waals surface area contributed by atoms with Crippen molar-refractivity contribution in [1.29, 1.82) is 0 Å². The average Bonchev–Trinajstić information content (AvgIpc) is 2.78. The van der Waals surface area contributed by atoms with Crippen LogP contribution in [-0.4, -0.2) is 17.0 Å². The highest BCUT2D eigenvalue weighted by molar-refractivity contribution is 5.96. The molecule has 0 radical (unpaired) electrons. The van der Waals surface area contributed by atoms with Gasteiger partial charge in [0, 0.05) is 0 Å². The van der Waals surface area contributed by atoms with Crippen molar-refractivity contribution >= 4 is 5.78 Å². The molecule has 0 aromatic carbocycles. The SMILES string of the molecule is CC(=O)C1=C(C)C[C@@H]2[C@@H]3CC=C4C[C@@H](O)CC[C@]4(C)[C@@H]3CC[C@]12C. The maximum Gasteiger partial charge on any atom is 0.156 e. The van der Waals surface area contributed by atoms with Crippen molar-refractivity contribution in [3.05, 3.63) is 22.8 Å². The van der Waals surface area contributed by atoms with Crippen molar-refractivity contribution in [3.63, 3.8) is 0 Å². The van der Waals surface area contributed by atoms with Gasteiger partial charge in [-0.25, -0.2) is 0 Å². The number of ketones is 1. The van der Waals surface area contributed by atoms with Crippen molar-refractivity contribution in [2.75, 3.05) is 0 Å². The van der Waals surface area contributed by atoms with Crippen LogP contribution in [0.25, 0.3) is 0 Å². The molecule has 2 nitrogen and oxygen atoms in total. The molecule has 0 unspecified atom stereocenters. The molecule has 4 aliphatic rings. The molecular weight excluding hydrogens is 296 g/mol. The van der Waals surface area contributed by atoms with Gasteiger partial charge in [0.25, 0.3) is 0 Å². The van der Waals surface area contributed by atoms with Gasteiger partial charge in [0.2, 0.25) is 0 Å². The van der Waals surface area contributed by atoms with E-state index in [4.69, 9.17) is 0 Å². The topological polar surface area (TPSA) is 37.3 Å². The molecule has 2 heteroatoms. The lowest BCUT2D eigenvalue weighted by molar-refractivity contribution is -0.115. The minimum Gasteiger partial charge on any atom is -0.393 e. The standard InChI is InChI=1S/C22H32O2/c1-13-11-19-17-6-5-15-12-16(24)7-9-21(15,3)18(17)8-10-22(19,4)20(13)14(2)23/h5,16-19,24H,6-12H2,1-4H3/t16-,17+,18+,19+,21-,22-/m0/s1. The van der Waals surface area contributed by atoms with Gasteiger partial charge >= 0.3 is 0 Å². The van der Waals surface area contributed by atoms with Gasteiger partial charge in [-0.3, -0.25) is 4.79 Å². The van der Waals surface area contributed by atoms with Crippen LogP contribution >= 0.6 is 0 Å². The van der Waals surface area contributed by atoms with Crippen LogP contribution in [0.3, 0.4) is 0 Å². The first-order chi connectivity index (χ1) is 11.3. The zero-order valence-electron chi connectivity index (χ0n) is 15.7. The normalized spacial score (nSPS) is 47.6. The molecule has 4 aliphatic carbocycles. The Morgan fingerprint density at radius 1 is 1.12 bits per heavy atom. The highest BCUT2D eigenvalue weighted by atomic mass is 16.3. The van der Waals surface area contributed by atoms with Crippen molar-refractivity contribution in [2.24, 2.45) is 28.6 Å². The highest BCUT2D eigenvalue weighted by Crippen LogP contribution is 2.65. The third kappa shape index (κ3) is 2.08. The van der Waals surface area contributed by atoms with Gasteiger partial charge in [0.05, 0.1) is 6.10 Å². The lowest BCUT2D eigenvalue weighted by Gasteiger charge is -2.57. The zero-order chi connectivity index (χ0) is 17.3. The molecule has 0 aromatic heterocycles. The molecule has 0 bridgehead atoms. The second-order valence-corrected chi connectivity index (χ2v) is 9.53. The number of allylic oxidation sites excluding steroid dienone is 3. The summed E-state index contributed by atoms with van der Waals surface area (Å²) in [6.45, 7) is 8.79. The average molecular weight is 328 g/mol. The van der Waals surface area contributed by atoms with Crippen molar-refractivity contribution < 1.29 is 9.90 Å². The minimum atomic E-state index is -0.130. The number of aliphatic hydroxyl groups is 1. The minimum absolute atomic E-state index is 0.104. The van der Waals surface area contributed by atoms with Crippen molar-refractivity contribution in [2.45, 2.75) is 78.7 Å². The fourth-order valence-corrected chi connectivity index (χ4v) is 7.27. The number of aliphatic hydroxyl groups excluding tert-OH is 1. The molecular formula is C22H32O2. The van der Waals surface area contributed by atoms with Gasteiger partial charge in [-0.05, 0) is 93.0 Å². The van der Waals surface area contributed by atoms with Crippen LogP contribution in [0.2, 0.25) is 0 Å². The van der Waals surface area contributed by atoms with Gasteiger partial charge in [0.15, 0.2) is 5.78 Å². The third-order valence-corrected chi connectivity index (χ3v) is 8.34. The Morgan fingerprint density at radius 2 is 1.83 bits per heavy atom. The second-order valence-electron chi connectivity index (χ2n) is 9.53. The number of Topliss-reactive ketones (excluding diaryl/α,β-unsaturated/α-hetero) is 1. The first kappa shape index (κ1) is 16.6. The summed E-state index contributed by atoms with van der Waals surface area (Å²) in [5.41, 5.74) is 4.43. The Labute approximate surface area is 146 Å². The fraction of sp³-hybridized carbons (Fsp3) is 0.773. The van der Waals surface area contributed by atoms with E-state index in [0.717, 1.165) is 50.0 Å². The van der Waals surface area contributed by atoms with Gasteiger partial charge in [-0.15, -0.1) is 0 Å². The van der Waals surface area contributed by atoms with Crippen LogP contribution in [-0.2, 0) is 4.79 Å². The third-order valence-electron chi connectivity index (χ3n) is 8.34. The molecule has 0 saturated heterocycles. The van der Waals surface area contributed by atoms with Crippen LogP contribution in [0, 0.1) is 28.6 Å². The second kappa shape index (κ2) is 5.30. The van der Waals surface area contributed by atoms with E-state index in [1.807, 2.05) is 0 Å². The highest BCUT2D eigenvalue weighted by Gasteiger charge is 2.58. The number of rotatable bonds is 1. The van der Waals surface area contributed by atoms with Crippen molar-refractivity contribution in [3.8, 4) is 0 Å². The molecule has 2 fully saturated rings. The smallest absolute Gasteiger partial charge is 0.156 e. The largest absolute Gasteiger partial charge is 0.393 e. The van der Waals surface area contributed by atoms with Crippen LogP contribution < -0.4 is 0 Å². The Balaban J connectivity index is 1.70. The van der Waals surface area contributed by atoms with E-state index >= 15 is 0 Å². The molecule has 1 N–H and O–H groups in total. The summed E-state index contributed by atoms with van der Waals surface area (Å²) in [6, 6.07) is 0. The summed E-state index contributed by atoms with van der Waals surface area (Å²) in [5, 5.41) is 10.1. The van der Waals surface area contributed by atoms with Gasteiger partial charge in [0.1, 0.15) is 0 Å². The van der Waals surface area contributed by atoms with Gasteiger partial charge < -0.3 is 5.11 Å². The number of fused-ring (bicyclic) bond motifs is 5. The lowest BCUT2D eigenvalue weighted by atomic mass is 9.47. The van der Waals surface area contributed by atoms with Crippen molar-refractivity contribution in [1.82, 2.24) is 0 Å². The monoisotopic (exact) mass is 328 g/mol. The molecule has 0 amide bonds. The summed E-state index contributed by atoms with van der Waals surface area (Å²) in [5.74, 6) is 2.38. The van der Waals surface area contributed by atoms with Crippen LogP contribution in [0.4, 0.5) is 0 Å². The number of carbonyl (C=O) groups excluding carboxylic acids is 1. The predicted octanol–water partition coefficient (Wildman–Crippen LogP) is 4.83. The Morgan fingerprint density at radius 3 is 2.54 bits per heavy atom. The Bertz CT molecular complexity index is 642. The molecule has 24 heavy (non-hydrogen) atoms. The first-order valence-corrected chi connectivity index (χ1v) is 9.86. The Hall–Kier alpha value is -0.890. The summed E-state index contributed by atoms with van der Waals surface area (Å²) in [4.78, 5) is 12.3. The first-order valence-electron chi connectivity index (χ1n) is 9.86. The lowest BCUT2D eigenvalue weighted by Crippen LogP contribution is -2.50. The van der Waals surface area contributed by atoms with E-state index in [0.29, 0.717) is 17.6 Å². The molecule has 2 saturated carbocycles. The molecule has 0 spiro atoms. The summed E-state index contributed by atoms with van der Waals surface area (Å²) in [7, 11) is 0. The van der Waals surface area contributed by atoms with E-state index in [9.17, 15) is 9.90 Å². The van der Waals surface area contributed by atoms with Crippen LogP contribution in [0.15, 0.2) is 22.8 Å². The van der Waals surface area contributed by atoms with E-state index in [-0.39, 0.29) is 16.9 Å². The van der Waals surface area contributed by atoms with E-state index in [1.54, 1.807) is 6.92 Å². The summed E-state index contributed by atoms with van der Waals surface area (Å²) >= 11 is 0. The fourth-order valence-electron chi connectivity index (χ4n) is 7.27. The van der Waals surface area contributed by atoms with E-state index in [1.165, 1.54) is 17.6 Å². The Kier molecular flexibility index (Phi) is 3.66. The van der Waals surface area contributed by atoms with E-state index < -0.39 is 0 Å². The molecule has 132 valence electrons. The van der Waals surface area contributed by atoms with Crippen LogP contribution in [0.1, 0.15) is 72.6 Å². The number of hydrogen-bond donors (Lipinski definition) is 1. The maximum atomic E-state index is 12.3. The molecule has 0 aliphatic heterocycles. The quantitative estimate of drug-likeness (QED) is 0.700. The molecule has 6 atom stereocenters.